The Hall–Kier alpha value is -3.10. The van der Waals surface area contributed by atoms with Gasteiger partial charge >= 0.3 is 6.09 Å². The third-order valence-electron chi connectivity index (χ3n) is 4.01. The molecule has 1 aliphatic heterocycles. The van der Waals surface area contributed by atoms with Gasteiger partial charge in [-0.25, -0.2) is 4.79 Å². The maximum atomic E-state index is 11.7. The molecular weight excluding hydrogens is 352 g/mol. The lowest BCUT2D eigenvalue weighted by Crippen LogP contribution is -2.35. The third-order valence-corrected chi connectivity index (χ3v) is 4.01. The molecule has 1 heterocycles. The summed E-state index contributed by atoms with van der Waals surface area (Å²) in [5.74, 6) is 0.195. The maximum absolute atomic E-state index is 11.7. The van der Waals surface area contributed by atoms with E-state index in [1.165, 1.54) is 6.07 Å². The number of benzene rings is 2. The van der Waals surface area contributed by atoms with Crippen LogP contribution < -0.4 is 15.4 Å². The molecule has 0 radical (unpaired) electrons. The van der Waals surface area contributed by atoms with E-state index in [0.717, 1.165) is 5.56 Å². The monoisotopic (exact) mass is 372 g/mol. The van der Waals surface area contributed by atoms with Crippen molar-refractivity contribution < 1.29 is 29.3 Å². The normalized spacial score (nSPS) is 15.0. The number of amides is 2. The van der Waals surface area contributed by atoms with Gasteiger partial charge in [-0.05, 0) is 23.3 Å². The predicted octanol–water partition coefficient (Wildman–Crippen LogP) is 1.34. The molecule has 2 aromatic rings. The summed E-state index contributed by atoms with van der Waals surface area (Å²) in [6, 6.07) is 13.9. The van der Waals surface area contributed by atoms with Gasteiger partial charge in [0.15, 0.2) is 6.61 Å². The summed E-state index contributed by atoms with van der Waals surface area (Å²) in [5.41, 5.74) is 1.64. The molecule has 2 amide bonds. The lowest BCUT2D eigenvalue weighted by molar-refractivity contribution is -0.118. The Labute approximate surface area is 155 Å². The zero-order valence-corrected chi connectivity index (χ0v) is 14.4. The number of carbonyl (C=O) groups excluding carboxylic acids is 2. The molecule has 3 rings (SSSR count). The van der Waals surface area contributed by atoms with Gasteiger partial charge in [0.1, 0.15) is 24.6 Å². The van der Waals surface area contributed by atoms with Crippen LogP contribution in [-0.2, 0) is 16.1 Å². The van der Waals surface area contributed by atoms with Gasteiger partial charge in [0.25, 0.3) is 5.91 Å². The highest BCUT2D eigenvalue weighted by Crippen LogP contribution is 2.31. The first-order chi connectivity index (χ1) is 13.0. The topological polar surface area (TPSA) is 117 Å². The van der Waals surface area contributed by atoms with Gasteiger partial charge in [-0.2, -0.15) is 0 Å². The largest absolute Gasteiger partial charge is 0.482 e. The van der Waals surface area contributed by atoms with Crippen LogP contribution in [0.2, 0.25) is 0 Å². The van der Waals surface area contributed by atoms with Gasteiger partial charge < -0.3 is 30.3 Å². The van der Waals surface area contributed by atoms with Gasteiger partial charge in [0.05, 0.1) is 5.69 Å². The minimum absolute atomic E-state index is 0.0630. The molecule has 0 bridgehead atoms. The van der Waals surface area contributed by atoms with Crippen molar-refractivity contribution in [1.29, 1.82) is 0 Å². The van der Waals surface area contributed by atoms with Crippen LogP contribution >= 0.6 is 0 Å². The molecule has 2 unspecified atom stereocenters. The van der Waals surface area contributed by atoms with E-state index >= 15 is 0 Å². The maximum Gasteiger partial charge on any atom is 0.407 e. The van der Waals surface area contributed by atoms with E-state index in [2.05, 4.69) is 10.6 Å². The number of aliphatic hydroxyl groups excluding tert-OH is 2. The summed E-state index contributed by atoms with van der Waals surface area (Å²) in [6.45, 7) is -0.156. The second kappa shape index (κ2) is 8.52. The van der Waals surface area contributed by atoms with Crippen molar-refractivity contribution in [1.82, 2.24) is 5.32 Å². The second-order valence-corrected chi connectivity index (χ2v) is 6.05. The summed E-state index contributed by atoms with van der Waals surface area (Å²) in [7, 11) is 0. The van der Waals surface area contributed by atoms with Crippen LogP contribution in [0.15, 0.2) is 48.5 Å². The van der Waals surface area contributed by atoms with Crippen molar-refractivity contribution >= 4 is 17.7 Å². The summed E-state index contributed by atoms with van der Waals surface area (Å²) in [4.78, 5) is 23.1. The first-order valence-electron chi connectivity index (χ1n) is 8.40. The average Bonchev–Trinajstić information content (AvgIpc) is 2.70. The number of fused-ring (bicyclic) bond motifs is 1. The fourth-order valence-electron chi connectivity index (χ4n) is 2.58. The molecule has 142 valence electrons. The molecule has 0 spiro atoms. The van der Waals surface area contributed by atoms with E-state index in [0.29, 0.717) is 17.0 Å². The van der Waals surface area contributed by atoms with E-state index in [9.17, 15) is 19.8 Å². The van der Waals surface area contributed by atoms with Crippen LogP contribution in [0.5, 0.6) is 5.75 Å². The van der Waals surface area contributed by atoms with Crippen LogP contribution in [0, 0.1) is 0 Å². The van der Waals surface area contributed by atoms with E-state index in [-0.39, 0.29) is 25.7 Å². The molecule has 0 aliphatic carbocycles. The van der Waals surface area contributed by atoms with Gasteiger partial charge in [-0.1, -0.05) is 36.4 Å². The number of hydrogen-bond donors (Lipinski definition) is 4. The highest BCUT2D eigenvalue weighted by atomic mass is 16.5. The predicted molar refractivity (Wildman–Crippen MR) is 96.2 cm³/mol. The first-order valence-corrected chi connectivity index (χ1v) is 8.40. The van der Waals surface area contributed by atoms with E-state index in [4.69, 9.17) is 9.47 Å². The summed E-state index contributed by atoms with van der Waals surface area (Å²) >= 11 is 0. The van der Waals surface area contributed by atoms with E-state index in [1.807, 2.05) is 30.3 Å². The van der Waals surface area contributed by atoms with Crippen molar-refractivity contribution in [3.05, 3.63) is 59.7 Å². The SMILES string of the molecule is O=C1COc2ccc(C(O)C(O)CNC(=O)OCc3ccccc3)cc2N1. The number of rotatable bonds is 6. The van der Waals surface area contributed by atoms with Gasteiger partial charge in [-0.15, -0.1) is 0 Å². The van der Waals surface area contributed by atoms with Crippen LogP contribution in [0.3, 0.4) is 0 Å². The Kier molecular flexibility index (Phi) is 5.90. The summed E-state index contributed by atoms with van der Waals surface area (Å²) in [6.07, 6.45) is -3.22. The molecule has 0 fully saturated rings. The molecule has 27 heavy (non-hydrogen) atoms. The molecule has 8 nitrogen and oxygen atoms in total. The molecular formula is C19H20N2O6. The van der Waals surface area contributed by atoms with Gasteiger partial charge in [0, 0.05) is 6.54 Å². The molecule has 0 saturated heterocycles. The quantitative estimate of drug-likeness (QED) is 0.608. The Morgan fingerprint density at radius 1 is 1.22 bits per heavy atom. The number of nitrogens with one attached hydrogen (secondary N) is 2. The molecule has 2 aromatic carbocycles. The Morgan fingerprint density at radius 2 is 2.00 bits per heavy atom. The number of ether oxygens (including phenoxy) is 2. The number of alkyl carbamates (subject to hydrolysis) is 1. The zero-order valence-electron chi connectivity index (χ0n) is 14.4. The standard InChI is InChI=1S/C19H20N2O6/c22-15(9-20-19(25)27-10-12-4-2-1-3-5-12)18(24)13-6-7-16-14(8-13)21-17(23)11-26-16/h1-8,15,18,22,24H,9-11H2,(H,20,25)(H,21,23). The highest BCUT2D eigenvalue weighted by molar-refractivity contribution is 5.95. The Balaban J connectivity index is 1.50. The van der Waals surface area contributed by atoms with E-state index < -0.39 is 18.3 Å². The fourth-order valence-corrected chi connectivity index (χ4v) is 2.58. The first kappa shape index (κ1) is 18.7. The number of anilines is 1. The fraction of sp³-hybridized carbons (Fsp3) is 0.263. The highest BCUT2D eigenvalue weighted by Gasteiger charge is 2.23. The van der Waals surface area contributed by atoms with Gasteiger partial charge in [0.2, 0.25) is 0 Å². The summed E-state index contributed by atoms with van der Waals surface area (Å²) < 4.78 is 10.3. The van der Waals surface area contributed by atoms with Crippen LogP contribution in [0.1, 0.15) is 17.2 Å². The van der Waals surface area contributed by atoms with Crippen molar-refractivity contribution in [3.63, 3.8) is 0 Å². The number of hydrogen-bond acceptors (Lipinski definition) is 6. The number of aliphatic hydroxyl groups is 2. The van der Waals surface area contributed by atoms with Crippen molar-refractivity contribution in [2.24, 2.45) is 0 Å². The third kappa shape index (κ3) is 4.96. The average molecular weight is 372 g/mol. The Morgan fingerprint density at radius 3 is 2.78 bits per heavy atom. The minimum Gasteiger partial charge on any atom is -0.482 e. The Bertz CT molecular complexity index is 811. The summed E-state index contributed by atoms with van der Waals surface area (Å²) in [5, 5.41) is 25.4. The van der Waals surface area contributed by atoms with E-state index in [1.54, 1.807) is 12.1 Å². The molecule has 4 N–H and O–H groups in total. The molecule has 0 saturated carbocycles. The lowest BCUT2D eigenvalue weighted by Gasteiger charge is -2.22. The lowest BCUT2D eigenvalue weighted by atomic mass is 10.0. The van der Waals surface area contributed by atoms with Crippen molar-refractivity contribution in [2.75, 3.05) is 18.5 Å². The molecule has 8 heteroatoms. The van der Waals surface area contributed by atoms with Crippen molar-refractivity contribution in [3.8, 4) is 5.75 Å². The smallest absolute Gasteiger partial charge is 0.407 e. The second-order valence-electron chi connectivity index (χ2n) is 6.05. The molecule has 1 aliphatic rings. The van der Waals surface area contributed by atoms with Gasteiger partial charge in [-0.3, -0.25) is 4.79 Å². The zero-order chi connectivity index (χ0) is 19.2. The van der Waals surface area contributed by atoms with Crippen LogP contribution in [0.4, 0.5) is 10.5 Å². The van der Waals surface area contributed by atoms with Crippen LogP contribution in [0.25, 0.3) is 0 Å². The van der Waals surface area contributed by atoms with Crippen molar-refractivity contribution in [2.45, 2.75) is 18.8 Å². The van der Waals surface area contributed by atoms with Crippen LogP contribution in [-0.4, -0.2) is 41.5 Å². The molecule has 0 aromatic heterocycles. The minimum atomic E-state index is -1.26. The molecule has 2 atom stereocenters. The number of carbonyl (C=O) groups is 2.